The maximum absolute atomic E-state index is 13.5. The molecule has 2 aromatic heterocycles. The van der Waals surface area contributed by atoms with Crippen LogP contribution in [0.5, 0.6) is 5.75 Å². The number of amides is 1. The van der Waals surface area contributed by atoms with Gasteiger partial charge in [0.25, 0.3) is 0 Å². The predicted octanol–water partition coefficient (Wildman–Crippen LogP) is 3.89. The molecule has 1 amide bonds. The minimum Gasteiger partial charge on any atom is -0.495 e. The molecule has 2 aromatic carbocycles. The SMILES string of the molecule is COc1ccc(NC(=O)C[C@@H](C)Cc2nnc3c(=O)n(-c4cccc(F)c4)ccn23)cc1Cl. The zero-order chi connectivity index (χ0) is 23.5. The van der Waals surface area contributed by atoms with Crippen LogP contribution < -0.4 is 15.6 Å². The molecule has 0 aliphatic carbocycles. The van der Waals surface area contributed by atoms with Crippen LogP contribution in [0.3, 0.4) is 0 Å². The molecule has 4 rings (SSSR count). The molecule has 0 aliphatic heterocycles. The van der Waals surface area contributed by atoms with E-state index < -0.39 is 11.4 Å². The second-order valence-corrected chi connectivity index (χ2v) is 8.08. The number of aromatic nitrogens is 4. The molecule has 1 atom stereocenters. The normalized spacial score (nSPS) is 12.0. The standard InChI is InChI=1S/C23H21ClFN5O3/c1-14(11-21(31)26-16-6-7-19(33-2)18(24)13-16)10-20-27-28-22-23(32)29(8-9-30(20)22)17-5-3-4-15(25)12-17/h3-9,12-14H,10-11H2,1-2H3,(H,26,31)/t14-/m0/s1. The van der Waals surface area contributed by atoms with Gasteiger partial charge in [0.1, 0.15) is 17.4 Å². The number of ether oxygens (including phenoxy) is 1. The van der Waals surface area contributed by atoms with Gasteiger partial charge >= 0.3 is 5.56 Å². The van der Waals surface area contributed by atoms with Gasteiger partial charge in [0.15, 0.2) is 0 Å². The Morgan fingerprint density at radius 2 is 2.03 bits per heavy atom. The van der Waals surface area contributed by atoms with Gasteiger partial charge in [-0.1, -0.05) is 24.6 Å². The molecule has 10 heteroatoms. The van der Waals surface area contributed by atoms with Gasteiger partial charge in [-0.15, -0.1) is 10.2 Å². The number of carbonyl (C=O) groups is 1. The lowest BCUT2D eigenvalue weighted by Gasteiger charge is -2.12. The molecule has 0 unspecified atom stereocenters. The molecule has 1 N–H and O–H groups in total. The number of methoxy groups -OCH3 is 1. The summed E-state index contributed by atoms with van der Waals surface area (Å²) < 4.78 is 21.6. The molecule has 8 nitrogen and oxygen atoms in total. The topological polar surface area (TPSA) is 90.5 Å². The van der Waals surface area contributed by atoms with E-state index in [2.05, 4.69) is 15.5 Å². The van der Waals surface area contributed by atoms with Crippen LogP contribution in [0.1, 0.15) is 19.2 Å². The molecule has 170 valence electrons. The minimum absolute atomic E-state index is 0.0724. The molecular weight excluding hydrogens is 449 g/mol. The number of halogens is 2. The number of hydrogen-bond acceptors (Lipinski definition) is 5. The maximum atomic E-state index is 13.5. The summed E-state index contributed by atoms with van der Waals surface area (Å²) in [4.78, 5) is 25.3. The van der Waals surface area contributed by atoms with Crippen molar-refractivity contribution in [1.29, 1.82) is 0 Å². The van der Waals surface area contributed by atoms with Crippen molar-refractivity contribution in [1.82, 2.24) is 19.2 Å². The Morgan fingerprint density at radius 1 is 1.21 bits per heavy atom. The van der Waals surface area contributed by atoms with E-state index in [-0.39, 0.29) is 23.9 Å². The van der Waals surface area contributed by atoms with E-state index in [1.807, 2.05) is 6.92 Å². The smallest absolute Gasteiger partial charge is 0.300 e. The summed E-state index contributed by atoms with van der Waals surface area (Å²) in [6.07, 6.45) is 3.87. The van der Waals surface area contributed by atoms with Gasteiger partial charge in [0.05, 0.1) is 17.8 Å². The number of nitrogens with one attached hydrogen (secondary N) is 1. The number of rotatable bonds is 7. The molecule has 0 bridgehead atoms. The summed E-state index contributed by atoms with van der Waals surface area (Å²) in [6, 6.07) is 10.8. The van der Waals surface area contributed by atoms with Crippen LogP contribution in [0, 0.1) is 11.7 Å². The van der Waals surface area contributed by atoms with Crippen molar-refractivity contribution in [2.24, 2.45) is 5.92 Å². The summed E-state index contributed by atoms with van der Waals surface area (Å²) >= 11 is 6.10. The highest BCUT2D eigenvalue weighted by Crippen LogP contribution is 2.27. The lowest BCUT2D eigenvalue weighted by molar-refractivity contribution is -0.116. The first-order valence-electron chi connectivity index (χ1n) is 10.2. The van der Waals surface area contributed by atoms with Crippen LogP contribution in [0.2, 0.25) is 5.02 Å². The van der Waals surface area contributed by atoms with Crippen molar-refractivity contribution in [2.45, 2.75) is 19.8 Å². The quantitative estimate of drug-likeness (QED) is 0.443. The highest BCUT2D eigenvalue weighted by molar-refractivity contribution is 6.32. The van der Waals surface area contributed by atoms with Crippen LogP contribution in [-0.2, 0) is 11.2 Å². The van der Waals surface area contributed by atoms with Crippen LogP contribution in [-0.4, -0.2) is 32.2 Å². The first-order valence-corrected chi connectivity index (χ1v) is 10.6. The molecule has 4 aromatic rings. The Morgan fingerprint density at radius 3 is 2.76 bits per heavy atom. The van der Waals surface area contributed by atoms with Gasteiger partial charge in [-0.05, 0) is 42.3 Å². The van der Waals surface area contributed by atoms with E-state index in [0.29, 0.717) is 34.4 Å². The van der Waals surface area contributed by atoms with Crippen molar-refractivity contribution in [3.05, 3.63) is 81.9 Å². The van der Waals surface area contributed by atoms with Crippen LogP contribution in [0.4, 0.5) is 10.1 Å². The third kappa shape index (κ3) is 4.88. The fraction of sp³-hybridized carbons (Fsp3) is 0.217. The number of benzene rings is 2. The molecule has 0 spiro atoms. The van der Waals surface area contributed by atoms with Crippen molar-refractivity contribution in [3.63, 3.8) is 0 Å². The predicted molar refractivity (Wildman–Crippen MR) is 123 cm³/mol. The lowest BCUT2D eigenvalue weighted by Crippen LogP contribution is -2.21. The maximum Gasteiger partial charge on any atom is 0.300 e. The monoisotopic (exact) mass is 469 g/mol. The molecule has 0 fully saturated rings. The zero-order valence-corrected chi connectivity index (χ0v) is 18.7. The highest BCUT2D eigenvalue weighted by Gasteiger charge is 2.17. The molecule has 0 radical (unpaired) electrons. The van der Waals surface area contributed by atoms with Crippen molar-refractivity contribution >= 4 is 28.8 Å². The average Bonchev–Trinajstić information content (AvgIpc) is 3.17. The largest absolute Gasteiger partial charge is 0.495 e. The van der Waals surface area contributed by atoms with E-state index in [4.69, 9.17) is 16.3 Å². The summed E-state index contributed by atoms with van der Waals surface area (Å²) in [6.45, 7) is 1.91. The Hall–Kier alpha value is -3.72. The van der Waals surface area contributed by atoms with Gasteiger partial charge in [-0.3, -0.25) is 18.6 Å². The fourth-order valence-electron chi connectivity index (χ4n) is 3.56. The Balaban J connectivity index is 1.46. The highest BCUT2D eigenvalue weighted by atomic mass is 35.5. The Labute approximate surface area is 193 Å². The number of hydrogen-bond donors (Lipinski definition) is 1. The Bertz CT molecular complexity index is 1380. The van der Waals surface area contributed by atoms with Crippen molar-refractivity contribution in [3.8, 4) is 11.4 Å². The summed E-state index contributed by atoms with van der Waals surface area (Å²) in [5.74, 6) is 0.396. The van der Waals surface area contributed by atoms with Crippen molar-refractivity contribution < 1.29 is 13.9 Å². The molecule has 33 heavy (non-hydrogen) atoms. The first kappa shape index (κ1) is 22.5. The van der Waals surface area contributed by atoms with Gasteiger partial charge in [-0.25, -0.2) is 4.39 Å². The third-order valence-electron chi connectivity index (χ3n) is 5.13. The molecule has 0 saturated carbocycles. The zero-order valence-electron chi connectivity index (χ0n) is 18.0. The molecular formula is C23H21ClFN5O3. The second kappa shape index (κ2) is 9.41. The number of anilines is 1. The average molecular weight is 470 g/mol. The first-order chi connectivity index (χ1) is 15.9. The number of nitrogens with zero attached hydrogens (tertiary/aromatic N) is 4. The van der Waals surface area contributed by atoms with E-state index in [1.54, 1.807) is 41.1 Å². The minimum atomic E-state index is -0.439. The molecule has 0 aliphatic rings. The fourth-order valence-corrected chi connectivity index (χ4v) is 3.82. The van der Waals surface area contributed by atoms with E-state index in [1.165, 1.54) is 29.9 Å². The van der Waals surface area contributed by atoms with Gasteiger partial charge in [0, 0.05) is 30.9 Å². The van der Waals surface area contributed by atoms with Gasteiger partial charge < -0.3 is 10.1 Å². The summed E-state index contributed by atoms with van der Waals surface area (Å²) in [7, 11) is 1.52. The van der Waals surface area contributed by atoms with E-state index in [0.717, 1.165) is 0 Å². The lowest BCUT2D eigenvalue weighted by atomic mass is 10.0. The van der Waals surface area contributed by atoms with Crippen LogP contribution >= 0.6 is 11.6 Å². The number of carbonyl (C=O) groups excluding carboxylic acids is 1. The van der Waals surface area contributed by atoms with Gasteiger partial charge in [0.2, 0.25) is 11.6 Å². The molecule has 0 saturated heterocycles. The van der Waals surface area contributed by atoms with Gasteiger partial charge in [-0.2, -0.15) is 0 Å². The number of fused-ring (bicyclic) bond motifs is 1. The van der Waals surface area contributed by atoms with Crippen LogP contribution in [0.25, 0.3) is 11.3 Å². The van der Waals surface area contributed by atoms with Crippen LogP contribution in [0.15, 0.2) is 59.7 Å². The van der Waals surface area contributed by atoms with Crippen molar-refractivity contribution in [2.75, 3.05) is 12.4 Å². The summed E-state index contributed by atoms with van der Waals surface area (Å²) in [5.41, 5.74) is 0.685. The third-order valence-corrected chi connectivity index (χ3v) is 5.42. The summed E-state index contributed by atoms with van der Waals surface area (Å²) in [5, 5.41) is 11.4. The van der Waals surface area contributed by atoms with E-state index in [9.17, 15) is 14.0 Å². The second-order valence-electron chi connectivity index (χ2n) is 7.67. The molecule has 2 heterocycles. The Kier molecular flexibility index (Phi) is 6.41. The van der Waals surface area contributed by atoms with E-state index >= 15 is 0 Å².